The Bertz CT molecular complexity index is 883. The summed E-state index contributed by atoms with van der Waals surface area (Å²) >= 11 is 0. The first-order valence-corrected chi connectivity index (χ1v) is 8.19. The third-order valence-corrected chi connectivity index (χ3v) is 4.17. The van der Waals surface area contributed by atoms with Crippen LogP contribution in [0.25, 0.3) is 0 Å². The van der Waals surface area contributed by atoms with Gasteiger partial charge in [0.2, 0.25) is 6.41 Å². The zero-order valence-electron chi connectivity index (χ0n) is 14.2. The first kappa shape index (κ1) is 18.4. The van der Waals surface area contributed by atoms with Crippen molar-refractivity contribution in [2.75, 3.05) is 31.5 Å². The Morgan fingerprint density at radius 3 is 2.44 bits per heavy atom. The average Bonchev–Trinajstić information content (AvgIpc) is 2.70. The van der Waals surface area contributed by atoms with Crippen LogP contribution in [0.1, 0.15) is 20.8 Å². The Morgan fingerprint density at radius 1 is 1.04 bits per heavy atom. The van der Waals surface area contributed by atoms with Crippen molar-refractivity contribution in [3.8, 4) is 0 Å². The number of aromatic nitrogens is 1. The molecule has 0 atom stereocenters. The van der Waals surface area contributed by atoms with Gasteiger partial charge in [0.1, 0.15) is 5.69 Å². The Kier molecular flexibility index (Phi) is 5.39. The smallest absolute Gasteiger partial charge is 0.274 e. The number of nitrogens with one attached hydrogen (secondary N) is 1. The Balaban J connectivity index is 1.71. The number of pyridine rings is 1. The highest BCUT2D eigenvalue weighted by atomic mass is 19.2. The summed E-state index contributed by atoms with van der Waals surface area (Å²) in [4.78, 5) is 42.7. The van der Waals surface area contributed by atoms with Crippen molar-refractivity contribution in [1.82, 2.24) is 14.8 Å². The van der Waals surface area contributed by atoms with Crippen molar-refractivity contribution in [3.05, 3.63) is 59.4 Å². The van der Waals surface area contributed by atoms with Crippen LogP contribution < -0.4 is 5.32 Å². The molecular formula is C18H16F2N4O3. The van der Waals surface area contributed by atoms with E-state index in [9.17, 15) is 23.2 Å². The number of amides is 3. The van der Waals surface area contributed by atoms with Crippen LogP contribution in [0.5, 0.6) is 0 Å². The number of hydrogen-bond acceptors (Lipinski definition) is 4. The van der Waals surface area contributed by atoms with Gasteiger partial charge in [-0.2, -0.15) is 0 Å². The number of halogens is 2. The molecule has 0 spiro atoms. The van der Waals surface area contributed by atoms with Crippen molar-refractivity contribution in [2.45, 2.75) is 0 Å². The molecule has 1 N–H and O–H groups in total. The minimum Gasteiger partial charge on any atom is -0.342 e. The van der Waals surface area contributed by atoms with E-state index >= 15 is 0 Å². The van der Waals surface area contributed by atoms with Crippen molar-refractivity contribution in [2.24, 2.45) is 0 Å². The third kappa shape index (κ3) is 4.25. The standard InChI is InChI=1S/C18H16F2N4O3/c19-14-2-1-13(10-15(14)20)22-17(26)16-9-12(3-4-21-16)18(27)24-7-5-23(11-25)6-8-24/h1-4,9-11H,5-8H2,(H,22,26). The van der Waals surface area contributed by atoms with E-state index in [0.717, 1.165) is 18.5 Å². The number of benzene rings is 1. The number of anilines is 1. The van der Waals surface area contributed by atoms with E-state index in [2.05, 4.69) is 10.3 Å². The van der Waals surface area contributed by atoms with E-state index in [-0.39, 0.29) is 22.9 Å². The second kappa shape index (κ2) is 7.90. The van der Waals surface area contributed by atoms with Crippen molar-refractivity contribution < 1.29 is 23.2 Å². The van der Waals surface area contributed by atoms with E-state index in [1.807, 2.05) is 0 Å². The predicted molar refractivity (Wildman–Crippen MR) is 92.1 cm³/mol. The maximum Gasteiger partial charge on any atom is 0.274 e. The van der Waals surface area contributed by atoms with Gasteiger partial charge in [0, 0.05) is 49.7 Å². The summed E-state index contributed by atoms with van der Waals surface area (Å²) in [6.45, 7) is 1.69. The quantitative estimate of drug-likeness (QED) is 0.823. The molecule has 0 saturated carbocycles. The zero-order valence-corrected chi connectivity index (χ0v) is 14.2. The van der Waals surface area contributed by atoms with Gasteiger partial charge in [-0.25, -0.2) is 8.78 Å². The van der Waals surface area contributed by atoms with Crippen LogP contribution in [0.15, 0.2) is 36.5 Å². The van der Waals surface area contributed by atoms with Gasteiger partial charge < -0.3 is 15.1 Å². The van der Waals surface area contributed by atoms with Gasteiger partial charge in [-0.1, -0.05) is 0 Å². The van der Waals surface area contributed by atoms with Gasteiger partial charge in [-0.3, -0.25) is 19.4 Å². The molecule has 1 fully saturated rings. The Morgan fingerprint density at radius 2 is 1.78 bits per heavy atom. The van der Waals surface area contributed by atoms with Crippen molar-refractivity contribution in [3.63, 3.8) is 0 Å². The summed E-state index contributed by atoms with van der Waals surface area (Å²) in [7, 11) is 0. The third-order valence-electron chi connectivity index (χ3n) is 4.17. The largest absolute Gasteiger partial charge is 0.342 e. The molecule has 2 aromatic rings. The lowest BCUT2D eigenvalue weighted by Crippen LogP contribution is -2.48. The predicted octanol–water partition coefficient (Wildman–Crippen LogP) is 1.53. The monoisotopic (exact) mass is 374 g/mol. The van der Waals surface area contributed by atoms with Gasteiger partial charge >= 0.3 is 0 Å². The van der Waals surface area contributed by atoms with E-state index < -0.39 is 17.5 Å². The highest BCUT2D eigenvalue weighted by Gasteiger charge is 2.22. The molecule has 0 bridgehead atoms. The molecule has 0 radical (unpaired) electrons. The molecule has 3 amide bonds. The van der Waals surface area contributed by atoms with Crippen LogP contribution in [-0.2, 0) is 4.79 Å². The number of nitrogens with zero attached hydrogens (tertiary/aromatic N) is 3. The minimum absolute atomic E-state index is 0.0305. The molecule has 2 heterocycles. The van der Waals surface area contributed by atoms with Gasteiger partial charge in [0.05, 0.1) is 0 Å². The molecule has 27 heavy (non-hydrogen) atoms. The van der Waals surface area contributed by atoms with E-state index in [0.29, 0.717) is 26.2 Å². The summed E-state index contributed by atoms with van der Waals surface area (Å²) in [5.74, 6) is -3.03. The van der Waals surface area contributed by atoms with Crippen LogP contribution >= 0.6 is 0 Å². The summed E-state index contributed by atoms with van der Waals surface area (Å²) in [5, 5.41) is 2.41. The minimum atomic E-state index is -1.08. The lowest BCUT2D eigenvalue weighted by atomic mass is 10.1. The van der Waals surface area contributed by atoms with Gasteiger partial charge in [-0.15, -0.1) is 0 Å². The SMILES string of the molecule is O=CN1CCN(C(=O)c2ccnc(C(=O)Nc3ccc(F)c(F)c3)c2)CC1. The number of rotatable bonds is 4. The molecule has 140 valence electrons. The second-order valence-electron chi connectivity index (χ2n) is 5.95. The molecule has 3 rings (SSSR count). The fraction of sp³-hybridized carbons (Fsp3) is 0.222. The van der Waals surface area contributed by atoms with Gasteiger partial charge in [-0.05, 0) is 24.3 Å². The highest BCUT2D eigenvalue weighted by molar-refractivity contribution is 6.04. The van der Waals surface area contributed by atoms with Crippen LogP contribution in [0.2, 0.25) is 0 Å². The van der Waals surface area contributed by atoms with E-state index in [4.69, 9.17) is 0 Å². The molecule has 1 aromatic heterocycles. The van der Waals surface area contributed by atoms with E-state index in [1.54, 1.807) is 9.80 Å². The van der Waals surface area contributed by atoms with Crippen LogP contribution in [0, 0.1) is 11.6 Å². The van der Waals surface area contributed by atoms with Gasteiger partial charge in [0.15, 0.2) is 11.6 Å². The fourth-order valence-corrected chi connectivity index (χ4v) is 2.67. The summed E-state index contributed by atoms with van der Waals surface area (Å²) in [6.07, 6.45) is 2.07. The van der Waals surface area contributed by atoms with Gasteiger partial charge in [0.25, 0.3) is 11.8 Å². The van der Waals surface area contributed by atoms with Crippen molar-refractivity contribution >= 4 is 23.9 Å². The molecule has 0 unspecified atom stereocenters. The number of carbonyl (C=O) groups is 3. The first-order chi connectivity index (χ1) is 13.0. The molecule has 0 aliphatic carbocycles. The lowest BCUT2D eigenvalue weighted by Gasteiger charge is -2.32. The van der Waals surface area contributed by atoms with E-state index in [1.165, 1.54) is 24.4 Å². The fourth-order valence-electron chi connectivity index (χ4n) is 2.67. The molecule has 7 nitrogen and oxygen atoms in total. The molecule has 1 saturated heterocycles. The summed E-state index contributed by atoms with van der Waals surface area (Å²) in [6, 6.07) is 5.80. The number of carbonyl (C=O) groups excluding carboxylic acids is 3. The summed E-state index contributed by atoms with van der Waals surface area (Å²) in [5.41, 5.74) is 0.319. The van der Waals surface area contributed by atoms with Crippen LogP contribution in [0.3, 0.4) is 0 Å². The van der Waals surface area contributed by atoms with Crippen LogP contribution in [-0.4, -0.2) is 59.2 Å². The first-order valence-electron chi connectivity index (χ1n) is 8.19. The number of hydrogen-bond donors (Lipinski definition) is 1. The number of piperazine rings is 1. The maximum absolute atomic E-state index is 13.2. The second-order valence-corrected chi connectivity index (χ2v) is 5.95. The highest BCUT2D eigenvalue weighted by Crippen LogP contribution is 2.15. The zero-order chi connectivity index (χ0) is 19.4. The lowest BCUT2D eigenvalue weighted by molar-refractivity contribution is -0.119. The average molecular weight is 374 g/mol. The topological polar surface area (TPSA) is 82.6 Å². The molecule has 9 heteroatoms. The molecular weight excluding hydrogens is 358 g/mol. The summed E-state index contributed by atoms with van der Waals surface area (Å²) < 4.78 is 26.2. The Hall–Kier alpha value is -3.36. The molecule has 1 aromatic carbocycles. The molecule has 1 aliphatic rings. The normalized spacial score (nSPS) is 14.0. The van der Waals surface area contributed by atoms with Crippen LogP contribution in [0.4, 0.5) is 14.5 Å². The molecule has 1 aliphatic heterocycles. The Labute approximate surface area is 153 Å². The maximum atomic E-state index is 13.2. The van der Waals surface area contributed by atoms with Crippen molar-refractivity contribution in [1.29, 1.82) is 0 Å².